The molecule has 4 rings (SSSR count). The first-order chi connectivity index (χ1) is 16.0. The van der Waals surface area contributed by atoms with E-state index in [-0.39, 0.29) is 29.5 Å². The van der Waals surface area contributed by atoms with Crippen LogP contribution in [0.1, 0.15) is 48.1 Å². The lowest BCUT2D eigenvalue weighted by molar-refractivity contribution is 0.163. The van der Waals surface area contributed by atoms with Crippen LogP contribution in [0.25, 0.3) is 0 Å². The summed E-state index contributed by atoms with van der Waals surface area (Å²) in [6, 6.07) is 20.9. The van der Waals surface area contributed by atoms with Gasteiger partial charge in [0.1, 0.15) is 15.9 Å². The Morgan fingerprint density at radius 1 is 1.03 bits per heavy atom. The molecule has 0 bridgehead atoms. The molecule has 33 heavy (non-hydrogen) atoms. The van der Waals surface area contributed by atoms with Crippen molar-refractivity contribution in [3.63, 3.8) is 0 Å². The van der Waals surface area contributed by atoms with Gasteiger partial charge in [-0.3, -0.25) is 0 Å². The van der Waals surface area contributed by atoms with Crippen LogP contribution in [0.5, 0.6) is 5.75 Å². The highest BCUT2D eigenvalue weighted by Gasteiger charge is 2.41. The number of aliphatic hydroxyl groups is 2. The lowest BCUT2D eigenvalue weighted by Crippen LogP contribution is -2.29. The molecule has 3 atom stereocenters. The van der Waals surface area contributed by atoms with Crippen LogP contribution in [0.2, 0.25) is 0 Å². The predicted octanol–water partition coefficient (Wildman–Crippen LogP) is 5.88. The number of benzene rings is 3. The number of hydrogen-bond donors (Lipinski definition) is 3. The van der Waals surface area contributed by atoms with Crippen molar-refractivity contribution in [1.29, 1.82) is 0 Å². The molecule has 0 unspecified atom stereocenters. The molecule has 3 N–H and O–H groups in total. The van der Waals surface area contributed by atoms with Gasteiger partial charge in [-0.15, -0.1) is 0 Å². The van der Waals surface area contributed by atoms with E-state index < -0.39 is 6.10 Å². The quantitative estimate of drug-likeness (QED) is 0.348. The predicted molar refractivity (Wildman–Crippen MR) is 135 cm³/mol. The fourth-order valence-electron chi connectivity index (χ4n) is 4.24. The van der Waals surface area contributed by atoms with Gasteiger partial charge < -0.3 is 20.2 Å². The molecule has 7 heteroatoms. The van der Waals surface area contributed by atoms with E-state index in [0.29, 0.717) is 17.5 Å². The molecular weight excluding hydrogens is 457 g/mol. The van der Waals surface area contributed by atoms with Crippen LogP contribution < -0.4 is 4.90 Å². The maximum atomic E-state index is 13.2. The topological polar surface area (TPSA) is 63.9 Å². The number of para-hydroxylation sites is 1. The Hall–Kier alpha value is -2.45. The number of nitrogens with zero attached hydrogens (tertiary/aromatic N) is 1. The van der Waals surface area contributed by atoms with Gasteiger partial charge in [-0.05, 0) is 60.7 Å². The summed E-state index contributed by atoms with van der Waals surface area (Å²) in [4.78, 5) is 2.08. The fraction of sp³-hybridized carbons (Fsp3) is 0.269. The second kappa shape index (κ2) is 10.7. The highest BCUT2D eigenvalue weighted by atomic mass is 32.2. The van der Waals surface area contributed by atoms with E-state index in [9.17, 15) is 19.7 Å². The lowest BCUT2D eigenvalue weighted by atomic mass is 9.95. The third kappa shape index (κ3) is 5.38. The largest absolute Gasteiger partial charge is 0.508 e. The summed E-state index contributed by atoms with van der Waals surface area (Å²) < 4.78 is 13.9. The number of phenolic OH excluding ortho intramolecular Hbond substituents is 1. The minimum absolute atomic E-state index is 0.0731. The van der Waals surface area contributed by atoms with Crippen LogP contribution in [0.15, 0.2) is 72.8 Å². The van der Waals surface area contributed by atoms with Crippen LogP contribution in [-0.2, 0) is 6.61 Å². The average molecular weight is 484 g/mol. The van der Waals surface area contributed by atoms with Crippen molar-refractivity contribution < 1.29 is 19.7 Å². The first kappa shape index (κ1) is 23.7. The summed E-state index contributed by atoms with van der Waals surface area (Å²) in [5.74, 6) is -0.188. The van der Waals surface area contributed by atoms with Crippen LogP contribution in [0, 0.1) is 5.82 Å². The number of anilines is 1. The Morgan fingerprint density at radius 2 is 1.76 bits per heavy atom. The molecule has 0 aromatic heterocycles. The number of thioether (sulfide) groups is 1. The highest BCUT2D eigenvalue weighted by Crippen LogP contribution is 2.48. The molecule has 172 valence electrons. The van der Waals surface area contributed by atoms with E-state index in [1.54, 1.807) is 30.0 Å². The summed E-state index contributed by atoms with van der Waals surface area (Å²) in [7, 11) is 0. The van der Waals surface area contributed by atoms with Crippen LogP contribution in [-0.4, -0.2) is 24.9 Å². The number of hydrogen-bond acceptors (Lipinski definition) is 5. The van der Waals surface area contributed by atoms with Crippen molar-refractivity contribution in [1.82, 2.24) is 0 Å². The monoisotopic (exact) mass is 483 g/mol. The Balaban J connectivity index is 1.55. The van der Waals surface area contributed by atoms with Crippen molar-refractivity contribution in [2.45, 2.75) is 43.3 Å². The van der Waals surface area contributed by atoms with Crippen molar-refractivity contribution in [3.8, 4) is 5.75 Å². The second-order valence-corrected chi connectivity index (χ2v) is 10.00. The molecule has 0 amide bonds. The zero-order valence-electron chi connectivity index (χ0n) is 18.0. The third-order valence-electron chi connectivity index (χ3n) is 5.93. The van der Waals surface area contributed by atoms with Crippen LogP contribution in [0.4, 0.5) is 10.1 Å². The van der Waals surface area contributed by atoms with E-state index >= 15 is 0 Å². The normalized spacial score (nSPS) is 19.1. The molecule has 0 radical (unpaired) electrons. The molecule has 0 saturated carbocycles. The second-order valence-electron chi connectivity index (χ2n) is 8.12. The first-order valence-electron chi connectivity index (χ1n) is 10.9. The Labute approximate surface area is 202 Å². The first-order valence-corrected chi connectivity index (χ1v) is 12.2. The van der Waals surface area contributed by atoms with Gasteiger partial charge in [0.15, 0.2) is 0 Å². The molecule has 1 aliphatic heterocycles. The molecule has 0 aliphatic carbocycles. The SMILES string of the molecule is OCc1ccc([C@@H]2[C@@H](CCC[C@@H](O)c3ccc(F)cc3)SC(=S)N2c2ccccc2)c(O)c1. The summed E-state index contributed by atoms with van der Waals surface area (Å²) in [6.07, 6.45) is 1.40. The molecule has 4 nitrogen and oxygen atoms in total. The molecule has 3 aromatic carbocycles. The Bertz CT molecular complexity index is 1090. The Morgan fingerprint density at radius 3 is 2.42 bits per heavy atom. The maximum absolute atomic E-state index is 13.2. The van der Waals surface area contributed by atoms with Crippen LogP contribution >= 0.6 is 24.0 Å². The van der Waals surface area contributed by atoms with Gasteiger partial charge in [-0.1, -0.05) is 66.4 Å². The number of aromatic hydroxyl groups is 1. The van der Waals surface area contributed by atoms with Crippen molar-refractivity contribution in [2.75, 3.05) is 4.90 Å². The summed E-state index contributed by atoms with van der Waals surface area (Å²) >= 11 is 7.35. The molecular formula is C26H26FNO3S2. The highest BCUT2D eigenvalue weighted by molar-refractivity contribution is 8.24. The van der Waals surface area contributed by atoms with Gasteiger partial charge in [-0.2, -0.15) is 0 Å². The average Bonchev–Trinajstić information content (AvgIpc) is 3.15. The van der Waals surface area contributed by atoms with Gasteiger partial charge in [-0.25, -0.2) is 4.39 Å². The summed E-state index contributed by atoms with van der Waals surface area (Å²) in [5, 5.41) is 30.8. The van der Waals surface area contributed by atoms with Gasteiger partial charge in [0.05, 0.1) is 18.8 Å². The lowest BCUT2D eigenvalue weighted by Gasteiger charge is -2.29. The molecule has 1 fully saturated rings. The van der Waals surface area contributed by atoms with Crippen molar-refractivity contribution in [3.05, 3.63) is 95.3 Å². The van der Waals surface area contributed by atoms with Crippen molar-refractivity contribution >= 4 is 34.0 Å². The van der Waals surface area contributed by atoms with Gasteiger partial charge in [0.2, 0.25) is 0 Å². The fourth-order valence-corrected chi connectivity index (χ4v) is 6.11. The van der Waals surface area contributed by atoms with Crippen LogP contribution in [0.3, 0.4) is 0 Å². The molecule has 0 spiro atoms. The standard InChI is InChI=1S/C26H26FNO3S2/c27-19-12-10-18(11-13-19)22(30)7-4-8-24-25(21-14-9-17(16-29)15-23(21)31)28(26(32)33-24)20-5-2-1-3-6-20/h1-3,5-6,9-15,22,24-25,29-31H,4,7-8,16H2/t22-,24-,25-/m1/s1. The van der Waals surface area contributed by atoms with Crippen molar-refractivity contribution in [2.24, 2.45) is 0 Å². The van der Waals surface area contributed by atoms with E-state index in [2.05, 4.69) is 4.90 Å². The zero-order valence-corrected chi connectivity index (χ0v) is 19.6. The third-order valence-corrected chi connectivity index (χ3v) is 7.61. The number of aliphatic hydroxyl groups excluding tert-OH is 2. The number of halogens is 1. The van der Waals surface area contributed by atoms with Gasteiger partial charge in [0, 0.05) is 16.5 Å². The van der Waals surface area contributed by atoms with Gasteiger partial charge >= 0.3 is 0 Å². The zero-order chi connectivity index (χ0) is 23.4. The number of rotatable bonds is 8. The summed E-state index contributed by atoms with van der Waals surface area (Å²) in [5.41, 5.74) is 3.06. The van der Waals surface area contributed by atoms with E-state index in [0.717, 1.165) is 28.4 Å². The van der Waals surface area contributed by atoms with E-state index in [4.69, 9.17) is 12.2 Å². The molecule has 1 heterocycles. The van der Waals surface area contributed by atoms with E-state index in [1.807, 2.05) is 42.5 Å². The minimum atomic E-state index is -0.662. The minimum Gasteiger partial charge on any atom is -0.508 e. The molecule has 1 saturated heterocycles. The Kier molecular flexibility index (Phi) is 7.65. The smallest absolute Gasteiger partial charge is 0.141 e. The van der Waals surface area contributed by atoms with E-state index in [1.165, 1.54) is 12.1 Å². The number of phenols is 1. The maximum Gasteiger partial charge on any atom is 0.141 e. The summed E-state index contributed by atoms with van der Waals surface area (Å²) in [6.45, 7) is -0.140. The molecule has 3 aromatic rings. The molecule has 1 aliphatic rings. The number of thiocarbonyl (C=S) groups is 1. The van der Waals surface area contributed by atoms with Gasteiger partial charge in [0.25, 0.3) is 0 Å².